The number of carbonyl (C=O) groups is 1. The molecule has 1 fully saturated rings. The zero-order valence-corrected chi connectivity index (χ0v) is 13.9. The average molecular weight is 347 g/mol. The van der Waals surface area contributed by atoms with Crippen molar-refractivity contribution >= 4 is 5.91 Å². The smallest absolute Gasteiger partial charge is 0.271 e. The molecule has 1 N–H and O–H groups in total. The van der Waals surface area contributed by atoms with E-state index in [9.17, 15) is 18.4 Å². The summed E-state index contributed by atoms with van der Waals surface area (Å²) in [5, 5.41) is 6.62. The first-order chi connectivity index (χ1) is 11.9. The zero-order valence-electron chi connectivity index (χ0n) is 13.9. The second-order valence-electron chi connectivity index (χ2n) is 6.45. The van der Waals surface area contributed by atoms with Crippen LogP contribution >= 0.6 is 0 Å². The normalized spacial score (nSPS) is 16.0. The fourth-order valence-electron chi connectivity index (χ4n) is 3.53. The first-order valence-electron chi connectivity index (χ1n) is 8.20. The van der Waals surface area contributed by atoms with Gasteiger partial charge in [-0.3, -0.25) is 9.59 Å². The van der Waals surface area contributed by atoms with Crippen molar-refractivity contribution in [2.24, 2.45) is 7.05 Å². The summed E-state index contributed by atoms with van der Waals surface area (Å²) in [7, 11) is 1.45. The lowest BCUT2D eigenvalue weighted by Crippen LogP contribution is -2.41. The van der Waals surface area contributed by atoms with Crippen molar-refractivity contribution in [3.63, 3.8) is 0 Å². The number of hydrogen-bond donors (Lipinski definition) is 1. The van der Waals surface area contributed by atoms with Crippen LogP contribution in [0.25, 0.3) is 0 Å². The van der Waals surface area contributed by atoms with E-state index in [0.717, 1.165) is 17.5 Å². The predicted molar refractivity (Wildman–Crippen MR) is 88.3 cm³/mol. The number of nitrogens with one attached hydrogen (secondary N) is 1. The number of hydrogen-bond acceptors (Lipinski definition) is 3. The molecule has 2 aromatic rings. The molecule has 132 valence electrons. The Bertz CT molecular complexity index is 837. The van der Waals surface area contributed by atoms with E-state index >= 15 is 0 Å². The summed E-state index contributed by atoms with van der Waals surface area (Å²) >= 11 is 0. The molecule has 1 aliphatic carbocycles. The molecule has 1 aliphatic rings. The van der Waals surface area contributed by atoms with E-state index in [1.807, 2.05) is 0 Å². The molecule has 1 heterocycles. The Hall–Kier alpha value is -2.57. The van der Waals surface area contributed by atoms with Gasteiger partial charge in [-0.05, 0) is 31.0 Å². The number of carbonyl (C=O) groups excluding carboxylic acids is 1. The molecule has 0 spiro atoms. The second kappa shape index (κ2) is 6.74. The van der Waals surface area contributed by atoms with E-state index in [0.29, 0.717) is 12.8 Å². The molecular weight excluding hydrogens is 328 g/mol. The minimum Gasteiger partial charge on any atom is -0.350 e. The Kier molecular flexibility index (Phi) is 4.65. The summed E-state index contributed by atoms with van der Waals surface area (Å²) in [4.78, 5) is 23.7. The number of rotatable bonds is 4. The van der Waals surface area contributed by atoms with Crippen molar-refractivity contribution in [3.8, 4) is 0 Å². The van der Waals surface area contributed by atoms with Crippen LogP contribution in [0, 0.1) is 11.6 Å². The van der Waals surface area contributed by atoms with Crippen LogP contribution in [0.2, 0.25) is 0 Å². The molecule has 0 saturated heterocycles. The molecule has 1 aromatic heterocycles. The predicted octanol–water partition coefficient (Wildman–Crippen LogP) is 2.30. The maximum absolute atomic E-state index is 14.3. The number of amides is 1. The van der Waals surface area contributed by atoms with Gasteiger partial charge in [-0.25, -0.2) is 13.5 Å². The summed E-state index contributed by atoms with van der Waals surface area (Å²) in [6.07, 6.45) is 2.90. The van der Waals surface area contributed by atoms with E-state index in [4.69, 9.17) is 0 Å². The van der Waals surface area contributed by atoms with Crippen molar-refractivity contribution in [3.05, 3.63) is 63.6 Å². The number of aromatic nitrogens is 2. The second-order valence-corrected chi connectivity index (χ2v) is 6.45. The molecule has 1 amide bonds. The molecule has 5 nitrogen and oxygen atoms in total. The van der Waals surface area contributed by atoms with Crippen LogP contribution in [0.5, 0.6) is 0 Å². The van der Waals surface area contributed by atoms with E-state index in [1.165, 1.54) is 37.4 Å². The highest BCUT2D eigenvalue weighted by Crippen LogP contribution is 2.42. The fraction of sp³-hybridized carbons (Fsp3) is 0.389. The Morgan fingerprint density at radius 2 is 1.84 bits per heavy atom. The van der Waals surface area contributed by atoms with Crippen LogP contribution in [-0.2, 0) is 12.5 Å². The summed E-state index contributed by atoms with van der Waals surface area (Å²) < 4.78 is 29.6. The van der Waals surface area contributed by atoms with Gasteiger partial charge in [-0.1, -0.05) is 18.9 Å². The van der Waals surface area contributed by atoms with Gasteiger partial charge in [0.05, 0.1) is 0 Å². The van der Waals surface area contributed by atoms with Gasteiger partial charge in [-0.15, -0.1) is 0 Å². The molecule has 0 aliphatic heterocycles. The van der Waals surface area contributed by atoms with Crippen molar-refractivity contribution in [2.75, 3.05) is 6.54 Å². The third-order valence-electron chi connectivity index (χ3n) is 4.83. The Morgan fingerprint density at radius 3 is 2.44 bits per heavy atom. The molecular formula is C18H19F2N3O2. The first-order valence-corrected chi connectivity index (χ1v) is 8.20. The van der Waals surface area contributed by atoms with E-state index < -0.39 is 23.0 Å². The van der Waals surface area contributed by atoms with Crippen molar-refractivity contribution < 1.29 is 13.6 Å². The summed E-state index contributed by atoms with van der Waals surface area (Å²) in [6.45, 7) is 0.119. The Morgan fingerprint density at radius 1 is 1.20 bits per heavy atom. The van der Waals surface area contributed by atoms with Crippen molar-refractivity contribution in [1.82, 2.24) is 15.1 Å². The topological polar surface area (TPSA) is 64.0 Å². The maximum Gasteiger partial charge on any atom is 0.271 e. The van der Waals surface area contributed by atoms with Gasteiger partial charge in [0.15, 0.2) is 0 Å². The molecule has 0 bridgehead atoms. The third-order valence-corrected chi connectivity index (χ3v) is 4.83. The van der Waals surface area contributed by atoms with Gasteiger partial charge in [0.1, 0.15) is 17.3 Å². The van der Waals surface area contributed by atoms with E-state index in [2.05, 4.69) is 10.4 Å². The highest BCUT2D eigenvalue weighted by Gasteiger charge is 2.40. The van der Waals surface area contributed by atoms with Gasteiger partial charge < -0.3 is 5.32 Å². The van der Waals surface area contributed by atoms with Crippen molar-refractivity contribution in [2.45, 2.75) is 31.1 Å². The highest BCUT2D eigenvalue weighted by molar-refractivity contribution is 5.92. The largest absolute Gasteiger partial charge is 0.350 e. The number of halogens is 2. The molecule has 25 heavy (non-hydrogen) atoms. The van der Waals surface area contributed by atoms with Crippen LogP contribution < -0.4 is 10.9 Å². The standard InChI is InChI=1S/C18H19F2N3O2/c1-23-15(24)8-7-14(22-23)17(25)21-11-18(9-2-3-10-18)16-12(19)5-4-6-13(16)20/h4-8H,2-3,9-11H2,1H3,(H,21,25). The fourth-order valence-corrected chi connectivity index (χ4v) is 3.53. The zero-order chi connectivity index (χ0) is 18.0. The number of aryl methyl sites for hydroxylation is 1. The van der Waals surface area contributed by atoms with Crippen LogP contribution in [0.1, 0.15) is 41.7 Å². The van der Waals surface area contributed by atoms with Gasteiger partial charge in [-0.2, -0.15) is 5.10 Å². The van der Waals surface area contributed by atoms with Crippen LogP contribution in [0.15, 0.2) is 35.1 Å². The lowest BCUT2D eigenvalue weighted by atomic mass is 9.78. The van der Waals surface area contributed by atoms with Gasteiger partial charge in [0, 0.05) is 30.6 Å². The molecule has 1 aromatic carbocycles. The van der Waals surface area contributed by atoms with E-state index in [-0.39, 0.29) is 23.4 Å². The summed E-state index contributed by atoms with van der Waals surface area (Å²) in [6, 6.07) is 6.42. The first kappa shape index (κ1) is 17.3. The molecule has 0 atom stereocenters. The minimum atomic E-state index is -0.758. The van der Waals surface area contributed by atoms with Crippen molar-refractivity contribution in [1.29, 1.82) is 0 Å². The third kappa shape index (κ3) is 3.31. The van der Waals surface area contributed by atoms with Gasteiger partial charge >= 0.3 is 0 Å². The highest BCUT2D eigenvalue weighted by atomic mass is 19.1. The number of benzene rings is 1. The lowest BCUT2D eigenvalue weighted by molar-refractivity contribution is 0.0934. The maximum atomic E-state index is 14.3. The van der Waals surface area contributed by atoms with Gasteiger partial charge in [0.2, 0.25) is 0 Å². The van der Waals surface area contributed by atoms with Crippen LogP contribution in [-0.4, -0.2) is 22.2 Å². The van der Waals surface area contributed by atoms with E-state index in [1.54, 1.807) is 0 Å². The molecule has 3 rings (SSSR count). The van der Waals surface area contributed by atoms with Crippen LogP contribution in [0.4, 0.5) is 8.78 Å². The monoisotopic (exact) mass is 347 g/mol. The summed E-state index contributed by atoms with van der Waals surface area (Å²) in [5.41, 5.74) is -0.950. The summed E-state index contributed by atoms with van der Waals surface area (Å²) in [5.74, 6) is -1.65. The quantitative estimate of drug-likeness (QED) is 0.923. The van der Waals surface area contributed by atoms with Gasteiger partial charge in [0.25, 0.3) is 11.5 Å². The molecule has 7 heteroatoms. The SMILES string of the molecule is Cn1nc(C(=O)NCC2(c3c(F)cccc3F)CCCC2)ccc1=O. The number of nitrogens with zero attached hydrogens (tertiary/aromatic N) is 2. The Labute approximate surface area is 143 Å². The Balaban J connectivity index is 1.84. The average Bonchev–Trinajstić information content (AvgIpc) is 3.05. The molecule has 0 radical (unpaired) electrons. The minimum absolute atomic E-state index is 0.0428. The lowest BCUT2D eigenvalue weighted by Gasteiger charge is -2.30. The van der Waals surface area contributed by atoms with Crippen LogP contribution in [0.3, 0.4) is 0 Å². The molecule has 1 saturated carbocycles. The molecule has 0 unspecified atom stereocenters.